The van der Waals surface area contributed by atoms with Crippen molar-refractivity contribution in [2.45, 2.75) is 57.5 Å². The van der Waals surface area contributed by atoms with Gasteiger partial charge in [-0.05, 0) is 51.1 Å². The molecule has 0 saturated carbocycles. The number of nitrogens with one attached hydrogen (secondary N) is 1. The first-order chi connectivity index (χ1) is 8.67. The summed E-state index contributed by atoms with van der Waals surface area (Å²) in [6.45, 7) is 4.38. The van der Waals surface area contributed by atoms with Crippen molar-refractivity contribution in [2.24, 2.45) is 0 Å². The SMILES string of the molecule is COCCNCCC(C)(O)C1=CCCCCCC1. The van der Waals surface area contributed by atoms with Crippen LogP contribution >= 0.6 is 0 Å². The van der Waals surface area contributed by atoms with E-state index in [2.05, 4.69) is 11.4 Å². The number of allylic oxidation sites excluding steroid dienone is 1. The predicted molar refractivity (Wildman–Crippen MR) is 75.8 cm³/mol. The average molecular weight is 255 g/mol. The van der Waals surface area contributed by atoms with Crippen molar-refractivity contribution in [3.63, 3.8) is 0 Å². The summed E-state index contributed by atoms with van der Waals surface area (Å²) in [5, 5.41) is 13.9. The van der Waals surface area contributed by atoms with E-state index in [1.165, 1.54) is 31.3 Å². The zero-order chi connectivity index (χ0) is 13.3. The number of hydrogen-bond donors (Lipinski definition) is 2. The maximum atomic E-state index is 10.6. The van der Waals surface area contributed by atoms with Gasteiger partial charge in [-0.15, -0.1) is 0 Å². The topological polar surface area (TPSA) is 41.5 Å². The van der Waals surface area contributed by atoms with Gasteiger partial charge in [-0.1, -0.05) is 18.9 Å². The normalized spacial score (nSPS) is 20.7. The Labute approximate surface area is 112 Å². The van der Waals surface area contributed by atoms with Crippen LogP contribution in [-0.2, 0) is 4.74 Å². The monoisotopic (exact) mass is 255 g/mol. The summed E-state index contributed by atoms with van der Waals surface area (Å²) in [5.74, 6) is 0. The first kappa shape index (κ1) is 15.7. The van der Waals surface area contributed by atoms with Crippen LogP contribution in [0.2, 0.25) is 0 Å². The Balaban J connectivity index is 2.35. The molecule has 3 heteroatoms. The molecule has 1 aliphatic carbocycles. The Morgan fingerprint density at radius 2 is 2.06 bits per heavy atom. The molecule has 3 nitrogen and oxygen atoms in total. The molecule has 2 N–H and O–H groups in total. The molecule has 0 fully saturated rings. The summed E-state index contributed by atoms with van der Waals surface area (Å²) in [4.78, 5) is 0. The van der Waals surface area contributed by atoms with Gasteiger partial charge in [0.25, 0.3) is 0 Å². The largest absolute Gasteiger partial charge is 0.386 e. The first-order valence-corrected chi connectivity index (χ1v) is 7.28. The lowest BCUT2D eigenvalue weighted by Gasteiger charge is -2.28. The van der Waals surface area contributed by atoms with E-state index in [9.17, 15) is 5.11 Å². The van der Waals surface area contributed by atoms with Crippen molar-refractivity contribution in [1.29, 1.82) is 0 Å². The van der Waals surface area contributed by atoms with Crippen LogP contribution in [0.4, 0.5) is 0 Å². The highest BCUT2D eigenvalue weighted by molar-refractivity contribution is 5.15. The van der Waals surface area contributed by atoms with Crippen molar-refractivity contribution in [2.75, 3.05) is 26.8 Å². The molecule has 1 atom stereocenters. The van der Waals surface area contributed by atoms with Gasteiger partial charge < -0.3 is 15.2 Å². The van der Waals surface area contributed by atoms with E-state index in [-0.39, 0.29) is 0 Å². The van der Waals surface area contributed by atoms with Gasteiger partial charge >= 0.3 is 0 Å². The standard InChI is InChI=1S/C15H29NO2/c1-15(17,10-11-16-12-13-18-2)14-8-6-4-3-5-7-9-14/h8,16-17H,3-7,9-13H2,1-2H3. The molecule has 1 rings (SSSR count). The average Bonchev–Trinajstić information content (AvgIpc) is 2.27. The van der Waals surface area contributed by atoms with E-state index in [0.717, 1.165) is 39.0 Å². The first-order valence-electron chi connectivity index (χ1n) is 7.28. The zero-order valence-electron chi connectivity index (χ0n) is 12.0. The highest BCUT2D eigenvalue weighted by Crippen LogP contribution is 2.28. The smallest absolute Gasteiger partial charge is 0.0840 e. The fourth-order valence-corrected chi connectivity index (χ4v) is 2.47. The molecule has 0 aromatic carbocycles. The maximum absolute atomic E-state index is 10.6. The molecule has 0 aromatic heterocycles. The summed E-state index contributed by atoms with van der Waals surface area (Å²) < 4.78 is 4.98. The molecule has 106 valence electrons. The van der Waals surface area contributed by atoms with Gasteiger partial charge in [0.1, 0.15) is 0 Å². The number of aliphatic hydroxyl groups is 1. The molecule has 1 aliphatic rings. The van der Waals surface area contributed by atoms with E-state index in [4.69, 9.17) is 4.74 Å². The van der Waals surface area contributed by atoms with Crippen molar-refractivity contribution in [1.82, 2.24) is 5.32 Å². The third-order valence-electron chi connectivity index (χ3n) is 3.75. The summed E-state index contributed by atoms with van der Waals surface area (Å²) >= 11 is 0. The van der Waals surface area contributed by atoms with Gasteiger partial charge in [-0.3, -0.25) is 0 Å². The van der Waals surface area contributed by atoms with Gasteiger partial charge in [0.2, 0.25) is 0 Å². The molecular formula is C15H29NO2. The highest BCUT2D eigenvalue weighted by Gasteiger charge is 2.24. The maximum Gasteiger partial charge on any atom is 0.0840 e. The molecule has 0 saturated heterocycles. The van der Waals surface area contributed by atoms with E-state index >= 15 is 0 Å². The van der Waals surface area contributed by atoms with Crippen molar-refractivity contribution < 1.29 is 9.84 Å². The fourth-order valence-electron chi connectivity index (χ4n) is 2.47. The summed E-state index contributed by atoms with van der Waals surface area (Å²) in [6.07, 6.45) is 10.4. The van der Waals surface area contributed by atoms with Crippen LogP contribution in [0.3, 0.4) is 0 Å². The second-order valence-electron chi connectivity index (χ2n) is 5.45. The quantitative estimate of drug-likeness (QED) is 0.543. The van der Waals surface area contributed by atoms with E-state index in [1.54, 1.807) is 7.11 Å². The lowest BCUT2D eigenvalue weighted by atomic mass is 9.86. The molecule has 0 radical (unpaired) electrons. The zero-order valence-corrected chi connectivity index (χ0v) is 12.0. The molecule has 18 heavy (non-hydrogen) atoms. The number of hydrogen-bond acceptors (Lipinski definition) is 3. The van der Waals surface area contributed by atoms with Crippen LogP contribution in [0.25, 0.3) is 0 Å². The highest BCUT2D eigenvalue weighted by atomic mass is 16.5. The Morgan fingerprint density at radius 1 is 1.28 bits per heavy atom. The lowest BCUT2D eigenvalue weighted by molar-refractivity contribution is 0.0834. The van der Waals surface area contributed by atoms with Crippen LogP contribution < -0.4 is 5.32 Å². The summed E-state index contributed by atoms with van der Waals surface area (Å²) in [6, 6.07) is 0. The second kappa shape index (κ2) is 8.68. The molecule has 0 aliphatic heterocycles. The minimum Gasteiger partial charge on any atom is -0.386 e. The number of rotatable bonds is 7. The van der Waals surface area contributed by atoms with Gasteiger partial charge in [-0.2, -0.15) is 0 Å². The number of methoxy groups -OCH3 is 1. The minimum atomic E-state index is -0.641. The van der Waals surface area contributed by atoms with Crippen molar-refractivity contribution in [3.8, 4) is 0 Å². The van der Waals surface area contributed by atoms with E-state index in [1.807, 2.05) is 6.92 Å². The van der Waals surface area contributed by atoms with Crippen LogP contribution in [0.15, 0.2) is 11.6 Å². The second-order valence-corrected chi connectivity index (χ2v) is 5.45. The van der Waals surface area contributed by atoms with Crippen LogP contribution in [0.5, 0.6) is 0 Å². The van der Waals surface area contributed by atoms with Gasteiger partial charge in [0.05, 0.1) is 12.2 Å². The fraction of sp³-hybridized carbons (Fsp3) is 0.867. The van der Waals surface area contributed by atoms with Gasteiger partial charge in [0, 0.05) is 13.7 Å². The van der Waals surface area contributed by atoms with Crippen LogP contribution in [0, 0.1) is 0 Å². The Kier molecular flexibility index (Phi) is 7.56. The molecule has 0 bridgehead atoms. The predicted octanol–water partition coefficient (Wildman–Crippen LogP) is 2.64. The van der Waals surface area contributed by atoms with E-state index < -0.39 is 5.60 Å². The van der Waals surface area contributed by atoms with Crippen molar-refractivity contribution >= 4 is 0 Å². The summed E-state index contributed by atoms with van der Waals surface area (Å²) in [7, 11) is 1.71. The molecular weight excluding hydrogens is 226 g/mol. The summed E-state index contributed by atoms with van der Waals surface area (Å²) in [5.41, 5.74) is 0.605. The Hall–Kier alpha value is -0.380. The number of ether oxygens (including phenoxy) is 1. The van der Waals surface area contributed by atoms with Gasteiger partial charge in [-0.25, -0.2) is 0 Å². The van der Waals surface area contributed by atoms with Crippen molar-refractivity contribution in [3.05, 3.63) is 11.6 Å². The van der Waals surface area contributed by atoms with Crippen LogP contribution in [0.1, 0.15) is 51.9 Å². The minimum absolute atomic E-state index is 0.641. The van der Waals surface area contributed by atoms with Gasteiger partial charge in [0.15, 0.2) is 0 Å². The molecule has 0 spiro atoms. The third kappa shape index (κ3) is 5.98. The van der Waals surface area contributed by atoms with Crippen LogP contribution in [-0.4, -0.2) is 37.5 Å². The molecule has 0 heterocycles. The van der Waals surface area contributed by atoms with E-state index in [0.29, 0.717) is 0 Å². The molecule has 0 amide bonds. The lowest BCUT2D eigenvalue weighted by Crippen LogP contribution is -2.33. The Morgan fingerprint density at radius 3 is 2.83 bits per heavy atom. The molecule has 0 aromatic rings. The third-order valence-corrected chi connectivity index (χ3v) is 3.75. The Bertz CT molecular complexity index is 249. The molecule has 1 unspecified atom stereocenters.